The van der Waals surface area contributed by atoms with Gasteiger partial charge >= 0.3 is 0 Å². The van der Waals surface area contributed by atoms with Gasteiger partial charge in [-0.3, -0.25) is 0 Å². The molecule has 0 saturated heterocycles. The fraction of sp³-hybridized carbons (Fsp3) is 0.115. The van der Waals surface area contributed by atoms with Crippen LogP contribution in [0.4, 0.5) is 0 Å². The van der Waals surface area contributed by atoms with Crippen molar-refractivity contribution in [3.05, 3.63) is 113 Å². The van der Waals surface area contributed by atoms with Gasteiger partial charge in [0.25, 0.3) is 0 Å². The Balaban J connectivity index is 0.000000555. The van der Waals surface area contributed by atoms with Gasteiger partial charge in [0.05, 0.1) is 0 Å². The first kappa shape index (κ1) is 24.4. The maximum absolute atomic E-state index is 8.49. The lowest BCUT2D eigenvalue weighted by atomic mass is 9.94. The largest absolute Gasteiger partial charge is 0.456 e. The molecule has 0 fully saturated rings. The summed E-state index contributed by atoms with van der Waals surface area (Å²) in [5.74, 6) is 1.78. The zero-order chi connectivity index (χ0) is 24.0. The van der Waals surface area contributed by atoms with Gasteiger partial charge in [0.1, 0.15) is 25.6 Å². The summed E-state index contributed by atoms with van der Waals surface area (Å²) in [4.78, 5) is 0. The van der Waals surface area contributed by atoms with Gasteiger partial charge in [-0.1, -0.05) is 54.6 Å². The van der Waals surface area contributed by atoms with Crippen molar-refractivity contribution in [3.8, 4) is 5.75 Å². The standard InChI is InChI=1S/C26H24NO.ClHO4/c1-19(17-20-13-15-22(16-14-20)27(2)3)24-18-26(21-9-5-4-6-10-21)28-25-12-8-7-11-23(24)25;2-1(3,4)5/h4-18H,1-3H3;(H,2,3,4,5)/q+1;/p-1/b24-19+;. The maximum atomic E-state index is 8.49. The predicted octanol–water partition coefficient (Wildman–Crippen LogP) is 0.903. The van der Waals surface area contributed by atoms with E-state index in [1.54, 1.807) is 0 Å². The molecule has 0 aromatic heterocycles. The Morgan fingerprint density at radius 1 is 0.848 bits per heavy atom. The SMILES string of the molecule is C/C(C=C1C=CC(=[N+](C)C)C=C1)=C1/C=C(c2ccccc2)Oc2ccccc21.[O-][Cl+3]([O-])([O-])[O-]. The Kier molecular flexibility index (Phi) is 7.81. The summed E-state index contributed by atoms with van der Waals surface area (Å²) in [6.07, 6.45) is 13.0. The molecule has 2 aliphatic rings. The number of rotatable bonds is 2. The molecule has 7 heteroatoms. The molecule has 0 saturated carbocycles. The molecule has 0 spiro atoms. The van der Waals surface area contributed by atoms with Gasteiger partial charge in [0.15, 0.2) is 5.71 Å². The van der Waals surface area contributed by atoms with Crippen molar-refractivity contribution in [1.29, 1.82) is 0 Å². The fourth-order valence-electron chi connectivity index (χ4n) is 3.40. The number of allylic oxidation sites excluding steroid dienone is 9. The van der Waals surface area contributed by atoms with Gasteiger partial charge in [-0.05, 0) is 47.9 Å². The molecule has 1 heterocycles. The monoisotopic (exact) mass is 465 g/mol. The van der Waals surface area contributed by atoms with Crippen LogP contribution in [-0.2, 0) is 0 Å². The number of halogens is 1. The summed E-state index contributed by atoms with van der Waals surface area (Å²) < 4.78 is 42.3. The van der Waals surface area contributed by atoms with E-state index in [2.05, 4.69) is 86.3 Å². The van der Waals surface area contributed by atoms with Gasteiger partial charge in [-0.25, -0.2) is 23.2 Å². The molecule has 0 amide bonds. The zero-order valence-electron chi connectivity index (χ0n) is 18.5. The minimum Gasteiger partial charge on any atom is -0.456 e. The second-order valence-electron chi connectivity index (χ2n) is 7.58. The molecule has 2 aromatic rings. The molecule has 2 aromatic carbocycles. The third-order valence-corrected chi connectivity index (χ3v) is 4.95. The van der Waals surface area contributed by atoms with Crippen molar-refractivity contribution in [2.45, 2.75) is 6.92 Å². The topological polar surface area (TPSA) is 104 Å². The van der Waals surface area contributed by atoms with E-state index < -0.39 is 10.2 Å². The highest BCUT2D eigenvalue weighted by atomic mass is 35.7. The van der Waals surface area contributed by atoms with Crippen molar-refractivity contribution in [2.75, 3.05) is 14.1 Å². The molecule has 0 bridgehead atoms. The van der Waals surface area contributed by atoms with E-state index >= 15 is 0 Å². The highest BCUT2D eigenvalue weighted by Crippen LogP contribution is 2.38. The molecule has 170 valence electrons. The van der Waals surface area contributed by atoms with Gasteiger partial charge in [-0.15, -0.1) is 10.2 Å². The van der Waals surface area contributed by atoms with Gasteiger partial charge in [-0.2, -0.15) is 0 Å². The average molecular weight is 466 g/mol. The quantitative estimate of drug-likeness (QED) is 0.613. The lowest BCUT2D eigenvalue weighted by Crippen LogP contribution is -2.68. The zero-order valence-corrected chi connectivity index (χ0v) is 19.3. The number of fused-ring (bicyclic) bond motifs is 1. The molecule has 4 rings (SSSR count). The van der Waals surface area contributed by atoms with Crippen LogP contribution in [0.3, 0.4) is 0 Å². The first-order valence-corrected chi connectivity index (χ1v) is 11.3. The second kappa shape index (κ2) is 10.6. The maximum Gasteiger partial charge on any atom is 0.199 e. The lowest BCUT2D eigenvalue weighted by molar-refractivity contribution is -2.00. The molecule has 33 heavy (non-hydrogen) atoms. The van der Waals surface area contributed by atoms with Crippen LogP contribution in [0.15, 0.2) is 102 Å². The summed E-state index contributed by atoms with van der Waals surface area (Å²) >= 11 is 0. The number of nitrogens with zero attached hydrogens (tertiary/aromatic N) is 1. The summed E-state index contributed by atoms with van der Waals surface area (Å²) in [7, 11) is -0.832. The summed E-state index contributed by atoms with van der Waals surface area (Å²) in [5.41, 5.74) is 7.00. The molecular formula is C26H24ClNO5. The highest BCUT2D eigenvalue weighted by Gasteiger charge is 2.18. The van der Waals surface area contributed by atoms with E-state index in [9.17, 15) is 0 Å². The second-order valence-corrected chi connectivity index (χ2v) is 8.33. The van der Waals surface area contributed by atoms with Crippen LogP contribution in [0.2, 0.25) is 0 Å². The van der Waals surface area contributed by atoms with Crippen LogP contribution in [0.25, 0.3) is 11.3 Å². The molecule has 6 nitrogen and oxygen atoms in total. The molecular weight excluding hydrogens is 442 g/mol. The molecule has 0 N–H and O–H groups in total. The van der Waals surface area contributed by atoms with E-state index in [0.717, 1.165) is 22.6 Å². The molecule has 1 aliphatic carbocycles. The van der Waals surface area contributed by atoms with Crippen LogP contribution in [-0.4, -0.2) is 24.4 Å². The minimum absolute atomic E-state index is 0.880. The summed E-state index contributed by atoms with van der Waals surface area (Å²) in [6.45, 7) is 2.16. The Hall–Kier alpha value is -3.26. The van der Waals surface area contributed by atoms with Crippen molar-refractivity contribution in [1.82, 2.24) is 0 Å². The van der Waals surface area contributed by atoms with Gasteiger partial charge < -0.3 is 4.74 Å². The van der Waals surface area contributed by atoms with Crippen molar-refractivity contribution in [2.24, 2.45) is 0 Å². The smallest absolute Gasteiger partial charge is 0.199 e. The van der Waals surface area contributed by atoms with E-state index in [0.29, 0.717) is 0 Å². The average Bonchev–Trinajstić information content (AvgIpc) is 2.78. The van der Waals surface area contributed by atoms with Crippen molar-refractivity contribution < 1.29 is 38.2 Å². The predicted molar refractivity (Wildman–Crippen MR) is 118 cm³/mol. The number of hydrogen-bond acceptors (Lipinski definition) is 5. The van der Waals surface area contributed by atoms with Gasteiger partial charge in [0.2, 0.25) is 0 Å². The lowest BCUT2D eigenvalue weighted by Gasteiger charge is -2.21. The van der Waals surface area contributed by atoms with Crippen LogP contribution in [0.1, 0.15) is 18.1 Å². The van der Waals surface area contributed by atoms with Crippen molar-refractivity contribution in [3.63, 3.8) is 0 Å². The number of hydrogen-bond donors (Lipinski definition) is 0. The van der Waals surface area contributed by atoms with Crippen LogP contribution < -0.4 is 23.4 Å². The first-order valence-electron chi connectivity index (χ1n) is 10.1. The van der Waals surface area contributed by atoms with E-state index in [1.165, 1.54) is 22.4 Å². The third kappa shape index (κ3) is 7.12. The highest BCUT2D eigenvalue weighted by molar-refractivity contribution is 6.02. The first-order chi connectivity index (χ1) is 15.6. The number of ether oxygens (including phenoxy) is 1. The Bertz CT molecular complexity index is 1170. The van der Waals surface area contributed by atoms with Gasteiger partial charge in [0, 0.05) is 23.3 Å². The molecule has 0 radical (unpaired) electrons. The summed E-state index contributed by atoms with van der Waals surface area (Å²) in [5, 5.41) is 0. The van der Waals surface area contributed by atoms with Crippen LogP contribution in [0, 0.1) is 10.2 Å². The van der Waals surface area contributed by atoms with E-state index in [1.807, 2.05) is 30.3 Å². The van der Waals surface area contributed by atoms with Crippen LogP contribution >= 0.6 is 0 Å². The van der Waals surface area contributed by atoms with Crippen molar-refractivity contribution >= 4 is 17.0 Å². The third-order valence-electron chi connectivity index (χ3n) is 4.95. The minimum atomic E-state index is -4.94. The molecule has 0 atom stereocenters. The summed E-state index contributed by atoms with van der Waals surface area (Å²) in [6, 6.07) is 18.5. The molecule has 1 aliphatic heterocycles. The van der Waals surface area contributed by atoms with E-state index in [4.69, 9.17) is 23.4 Å². The Morgan fingerprint density at radius 2 is 1.42 bits per heavy atom. The fourth-order valence-corrected chi connectivity index (χ4v) is 3.40. The normalized spacial score (nSPS) is 16.2. The van der Waals surface area contributed by atoms with Crippen LogP contribution in [0.5, 0.6) is 5.75 Å². The molecule has 0 unspecified atom stereocenters. The Labute approximate surface area is 195 Å². The van der Waals surface area contributed by atoms with E-state index in [-0.39, 0.29) is 0 Å². The Morgan fingerprint density at radius 3 is 2.03 bits per heavy atom. The number of para-hydroxylation sites is 1. The number of benzene rings is 2.